The minimum Gasteiger partial charge on any atom is -0.497 e. The zero-order valence-electron chi connectivity index (χ0n) is 18.0. The lowest BCUT2D eigenvalue weighted by molar-refractivity contribution is 0.0783. The average Bonchev–Trinajstić information content (AvgIpc) is 3.28. The quantitative estimate of drug-likeness (QED) is 0.494. The van der Waals surface area contributed by atoms with Crippen LogP contribution in [0.5, 0.6) is 11.5 Å². The van der Waals surface area contributed by atoms with Gasteiger partial charge in [0.15, 0.2) is 5.96 Å². The Morgan fingerprint density at radius 1 is 1.24 bits per heavy atom. The van der Waals surface area contributed by atoms with Gasteiger partial charge in [-0.2, -0.15) is 11.8 Å². The summed E-state index contributed by atoms with van der Waals surface area (Å²) in [4.78, 5) is 4.41. The van der Waals surface area contributed by atoms with Gasteiger partial charge < -0.3 is 24.8 Å². The lowest BCUT2D eigenvalue weighted by Crippen LogP contribution is -2.47. The molecule has 1 heterocycles. The molecule has 7 heteroatoms. The number of guanidine groups is 1. The van der Waals surface area contributed by atoms with E-state index in [9.17, 15) is 0 Å². The Balaban J connectivity index is 1.59. The molecule has 162 valence electrons. The van der Waals surface area contributed by atoms with Crippen molar-refractivity contribution in [2.75, 3.05) is 40.2 Å². The Morgan fingerprint density at radius 3 is 2.66 bits per heavy atom. The molecular formula is C22H35N3O3S. The maximum atomic E-state index is 6.31. The van der Waals surface area contributed by atoms with Crippen molar-refractivity contribution in [3.05, 3.63) is 23.8 Å². The average molecular weight is 422 g/mol. The van der Waals surface area contributed by atoms with Crippen molar-refractivity contribution >= 4 is 17.7 Å². The summed E-state index contributed by atoms with van der Waals surface area (Å²) in [5.41, 5.74) is 1.12. The first kappa shape index (κ1) is 22.1. The molecule has 0 amide bonds. The number of aliphatic imine (C=N–C) groups is 1. The van der Waals surface area contributed by atoms with E-state index in [0.29, 0.717) is 12.6 Å². The second kappa shape index (κ2) is 11.0. The minimum atomic E-state index is 0.215. The van der Waals surface area contributed by atoms with Gasteiger partial charge in [0, 0.05) is 49.7 Å². The van der Waals surface area contributed by atoms with E-state index < -0.39 is 0 Å². The van der Waals surface area contributed by atoms with Gasteiger partial charge in [-0.3, -0.25) is 4.99 Å². The van der Waals surface area contributed by atoms with Crippen molar-refractivity contribution in [3.63, 3.8) is 0 Å². The van der Waals surface area contributed by atoms with Gasteiger partial charge in [-0.05, 0) is 56.9 Å². The molecule has 1 aromatic carbocycles. The van der Waals surface area contributed by atoms with E-state index in [1.54, 1.807) is 7.11 Å². The van der Waals surface area contributed by atoms with Crippen LogP contribution in [-0.2, 0) is 11.3 Å². The molecule has 0 aromatic heterocycles. The van der Waals surface area contributed by atoms with E-state index in [0.717, 1.165) is 68.5 Å². The molecule has 0 radical (unpaired) electrons. The maximum absolute atomic E-state index is 6.31. The number of hydrogen-bond donors (Lipinski definition) is 2. The lowest BCUT2D eigenvalue weighted by Gasteiger charge is -2.36. The van der Waals surface area contributed by atoms with E-state index in [1.165, 1.54) is 12.8 Å². The van der Waals surface area contributed by atoms with Gasteiger partial charge in [0.25, 0.3) is 0 Å². The van der Waals surface area contributed by atoms with E-state index in [-0.39, 0.29) is 4.75 Å². The van der Waals surface area contributed by atoms with Crippen molar-refractivity contribution in [2.45, 2.75) is 55.9 Å². The summed E-state index contributed by atoms with van der Waals surface area (Å²) < 4.78 is 17.5. The summed E-state index contributed by atoms with van der Waals surface area (Å²) in [7, 11) is 3.51. The number of nitrogens with one attached hydrogen (secondary N) is 2. The first-order valence-electron chi connectivity index (χ1n) is 10.6. The molecule has 0 spiro atoms. The zero-order valence-corrected chi connectivity index (χ0v) is 18.8. The molecular weight excluding hydrogens is 386 g/mol. The van der Waals surface area contributed by atoms with Gasteiger partial charge in [0.1, 0.15) is 11.5 Å². The highest BCUT2D eigenvalue weighted by molar-refractivity contribution is 8.00. The van der Waals surface area contributed by atoms with E-state index in [2.05, 4.69) is 27.9 Å². The molecule has 1 aromatic rings. The predicted molar refractivity (Wildman–Crippen MR) is 120 cm³/mol. The smallest absolute Gasteiger partial charge is 0.191 e. The van der Waals surface area contributed by atoms with Gasteiger partial charge in [-0.1, -0.05) is 0 Å². The van der Waals surface area contributed by atoms with Crippen LogP contribution >= 0.6 is 11.8 Å². The fraction of sp³-hybridized carbons (Fsp3) is 0.682. The number of benzene rings is 1. The first-order valence-corrected chi connectivity index (χ1v) is 11.8. The molecule has 0 bridgehead atoms. The van der Waals surface area contributed by atoms with E-state index in [4.69, 9.17) is 14.2 Å². The molecule has 1 saturated heterocycles. The second-order valence-corrected chi connectivity index (χ2v) is 9.05. The third-order valence-corrected chi connectivity index (χ3v) is 7.37. The Hall–Kier alpha value is -1.60. The fourth-order valence-electron chi connectivity index (χ4n) is 3.94. The maximum Gasteiger partial charge on any atom is 0.191 e. The van der Waals surface area contributed by atoms with Gasteiger partial charge in [-0.25, -0.2) is 0 Å². The predicted octanol–water partition coefficient (Wildman–Crippen LogP) is 3.59. The van der Waals surface area contributed by atoms with Crippen LogP contribution in [0.4, 0.5) is 0 Å². The van der Waals surface area contributed by atoms with Crippen molar-refractivity contribution in [1.29, 1.82) is 0 Å². The molecule has 1 aliphatic carbocycles. The number of hydrogen-bond acceptors (Lipinski definition) is 5. The van der Waals surface area contributed by atoms with Crippen molar-refractivity contribution in [3.8, 4) is 11.5 Å². The van der Waals surface area contributed by atoms with Crippen LogP contribution in [0.25, 0.3) is 0 Å². The molecule has 6 nitrogen and oxygen atoms in total. The number of thioether (sulfide) groups is 1. The zero-order chi connectivity index (χ0) is 20.5. The van der Waals surface area contributed by atoms with Crippen molar-refractivity contribution in [2.24, 2.45) is 4.99 Å². The monoisotopic (exact) mass is 421 g/mol. The lowest BCUT2D eigenvalue weighted by atomic mass is 9.99. The summed E-state index contributed by atoms with van der Waals surface area (Å²) in [6, 6.07) is 6.06. The fourth-order valence-corrected chi connectivity index (χ4v) is 4.74. The molecule has 0 unspecified atom stereocenters. The highest BCUT2D eigenvalue weighted by atomic mass is 32.2. The summed E-state index contributed by atoms with van der Waals surface area (Å²) in [6.07, 6.45) is 9.40. The number of ether oxygens (including phenoxy) is 3. The number of methoxy groups -OCH3 is 1. The molecule has 3 rings (SSSR count). The highest BCUT2D eigenvalue weighted by Crippen LogP contribution is 2.33. The molecule has 1 saturated carbocycles. The number of rotatable bonds is 8. The van der Waals surface area contributed by atoms with Crippen molar-refractivity contribution < 1.29 is 14.2 Å². The molecule has 0 atom stereocenters. The third-order valence-electron chi connectivity index (χ3n) is 5.96. The standard InChI is InChI=1S/C22H35N3O3S/c1-23-21(25-16-22(29-3)10-12-27-13-11-22)24-15-17-8-9-19(26-2)14-20(17)28-18-6-4-5-7-18/h8-9,14,18H,4-7,10-13,15-16H2,1-3H3,(H2,23,24,25). The van der Waals surface area contributed by atoms with Crippen LogP contribution in [-0.4, -0.2) is 57.0 Å². The first-order chi connectivity index (χ1) is 14.2. The summed E-state index contributed by atoms with van der Waals surface area (Å²) in [5, 5.41) is 6.96. The van der Waals surface area contributed by atoms with Crippen molar-refractivity contribution in [1.82, 2.24) is 10.6 Å². The normalized spacial score (nSPS) is 19.8. The van der Waals surface area contributed by atoms with E-state index in [1.807, 2.05) is 30.9 Å². The number of nitrogens with zero attached hydrogens (tertiary/aromatic N) is 1. The van der Waals surface area contributed by atoms with Crippen LogP contribution in [0, 0.1) is 0 Å². The van der Waals surface area contributed by atoms with E-state index >= 15 is 0 Å². The van der Waals surface area contributed by atoms with Gasteiger partial charge >= 0.3 is 0 Å². The Kier molecular flexibility index (Phi) is 8.36. The summed E-state index contributed by atoms with van der Waals surface area (Å²) >= 11 is 1.93. The SMILES string of the molecule is CN=C(NCc1ccc(OC)cc1OC1CCCC1)NCC1(SC)CCOCC1. The van der Waals surface area contributed by atoms with Gasteiger partial charge in [-0.15, -0.1) is 0 Å². The summed E-state index contributed by atoms with van der Waals surface area (Å²) in [6.45, 7) is 3.21. The van der Waals surface area contributed by atoms with Crippen LogP contribution in [0.15, 0.2) is 23.2 Å². The Bertz CT molecular complexity index is 671. The Labute approximate surface area is 179 Å². The molecule has 2 fully saturated rings. The Morgan fingerprint density at radius 2 is 2.00 bits per heavy atom. The van der Waals surface area contributed by atoms with Gasteiger partial charge in [0.05, 0.1) is 13.2 Å². The topological polar surface area (TPSA) is 64.1 Å². The van der Waals surface area contributed by atoms with Crippen LogP contribution < -0.4 is 20.1 Å². The third kappa shape index (κ3) is 6.19. The van der Waals surface area contributed by atoms with Crippen LogP contribution in [0.1, 0.15) is 44.1 Å². The second-order valence-electron chi connectivity index (χ2n) is 7.78. The van der Waals surface area contributed by atoms with Gasteiger partial charge in [0.2, 0.25) is 0 Å². The molecule has 1 aliphatic heterocycles. The molecule has 2 aliphatic rings. The van der Waals surface area contributed by atoms with Crippen LogP contribution in [0.3, 0.4) is 0 Å². The summed E-state index contributed by atoms with van der Waals surface area (Å²) in [5.74, 6) is 2.54. The minimum absolute atomic E-state index is 0.215. The highest BCUT2D eigenvalue weighted by Gasteiger charge is 2.31. The largest absolute Gasteiger partial charge is 0.497 e. The van der Waals surface area contributed by atoms with Crippen LogP contribution in [0.2, 0.25) is 0 Å². The molecule has 2 N–H and O–H groups in total. The molecule has 29 heavy (non-hydrogen) atoms.